The second-order valence-corrected chi connectivity index (χ2v) is 4.71. The van der Waals surface area contributed by atoms with Crippen LogP contribution in [0.25, 0.3) is 0 Å². The van der Waals surface area contributed by atoms with Crippen molar-refractivity contribution in [3.63, 3.8) is 0 Å². The number of halogens is 1. The second kappa shape index (κ2) is 6.95. The molecular formula is C15H16ClN3O2. The Morgan fingerprint density at radius 3 is 2.57 bits per heavy atom. The van der Waals surface area contributed by atoms with Crippen LogP contribution in [0.3, 0.4) is 0 Å². The number of rotatable bonds is 5. The number of anilines is 1. The van der Waals surface area contributed by atoms with E-state index in [1.54, 1.807) is 26.3 Å². The van der Waals surface area contributed by atoms with E-state index in [9.17, 15) is 4.79 Å². The number of nitrogens with zero attached hydrogens (tertiary/aromatic N) is 1. The van der Waals surface area contributed by atoms with Gasteiger partial charge in [-0.25, -0.2) is 4.98 Å². The van der Waals surface area contributed by atoms with Gasteiger partial charge in [-0.1, -0.05) is 23.7 Å². The topological polar surface area (TPSA) is 63.2 Å². The summed E-state index contributed by atoms with van der Waals surface area (Å²) in [5, 5.41) is 5.98. The molecule has 1 aromatic carbocycles. The fourth-order valence-corrected chi connectivity index (χ4v) is 1.94. The van der Waals surface area contributed by atoms with Gasteiger partial charge in [0.05, 0.1) is 12.1 Å². The number of carbonyl (C=O) groups is 1. The summed E-state index contributed by atoms with van der Waals surface area (Å²) in [6, 6.07) is 10.8. The minimum atomic E-state index is -0.312. The van der Waals surface area contributed by atoms with Gasteiger partial charge in [-0.3, -0.25) is 4.79 Å². The maximum absolute atomic E-state index is 12.1. The molecule has 0 unspecified atom stereocenters. The van der Waals surface area contributed by atoms with E-state index in [0.717, 1.165) is 11.3 Å². The van der Waals surface area contributed by atoms with Crippen LogP contribution in [0.4, 0.5) is 5.82 Å². The predicted molar refractivity (Wildman–Crippen MR) is 83.0 cm³/mol. The number of pyridine rings is 1. The van der Waals surface area contributed by atoms with Crippen LogP contribution in [0, 0.1) is 0 Å². The van der Waals surface area contributed by atoms with Crippen LogP contribution in [-0.4, -0.2) is 25.0 Å². The number of aromatic nitrogens is 1. The Kier molecular flexibility index (Phi) is 5.00. The number of carbonyl (C=O) groups excluding carboxylic acids is 1. The minimum Gasteiger partial charge on any atom is -0.497 e. The highest BCUT2D eigenvalue weighted by Gasteiger charge is 2.12. The Balaban J connectivity index is 2.04. The maximum atomic E-state index is 12.1. The minimum absolute atomic E-state index is 0.206. The Morgan fingerprint density at radius 2 is 1.95 bits per heavy atom. The van der Waals surface area contributed by atoms with Crippen LogP contribution in [0.1, 0.15) is 16.1 Å². The Hall–Kier alpha value is -2.27. The summed E-state index contributed by atoms with van der Waals surface area (Å²) >= 11 is 6.00. The molecule has 2 N–H and O–H groups in total. The first-order valence-electron chi connectivity index (χ1n) is 6.39. The third kappa shape index (κ3) is 3.86. The van der Waals surface area contributed by atoms with Crippen molar-refractivity contribution in [1.82, 2.24) is 10.3 Å². The molecule has 0 fully saturated rings. The Bertz CT molecular complexity index is 629. The molecule has 2 aromatic rings. The maximum Gasteiger partial charge on any atom is 0.271 e. The molecule has 21 heavy (non-hydrogen) atoms. The average molecular weight is 306 g/mol. The molecular weight excluding hydrogens is 290 g/mol. The van der Waals surface area contributed by atoms with E-state index in [1.165, 1.54) is 0 Å². The number of benzene rings is 1. The van der Waals surface area contributed by atoms with E-state index in [0.29, 0.717) is 17.4 Å². The molecule has 1 amide bonds. The van der Waals surface area contributed by atoms with E-state index in [2.05, 4.69) is 15.6 Å². The molecule has 0 aliphatic heterocycles. The largest absolute Gasteiger partial charge is 0.497 e. The van der Waals surface area contributed by atoms with Crippen molar-refractivity contribution in [1.29, 1.82) is 0 Å². The zero-order chi connectivity index (χ0) is 15.2. The van der Waals surface area contributed by atoms with E-state index in [4.69, 9.17) is 16.3 Å². The number of methoxy groups -OCH3 is 1. The van der Waals surface area contributed by atoms with Crippen LogP contribution in [0.15, 0.2) is 36.4 Å². The molecule has 1 heterocycles. The Labute approximate surface area is 128 Å². The van der Waals surface area contributed by atoms with Gasteiger partial charge in [-0.15, -0.1) is 0 Å². The summed E-state index contributed by atoms with van der Waals surface area (Å²) in [5.41, 5.74) is 1.17. The molecule has 6 heteroatoms. The molecule has 0 saturated carbocycles. The molecule has 1 aromatic heterocycles. The molecule has 5 nitrogen and oxygen atoms in total. The molecule has 110 valence electrons. The standard InChI is InChI=1S/C15H16ClN3O2/c1-17-13-8-7-12(16)14(19-13)15(20)18-9-10-3-5-11(21-2)6-4-10/h3-8H,9H2,1-2H3,(H,17,19)(H,18,20). The zero-order valence-electron chi connectivity index (χ0n) is 11.8. The summed E-state index contributed by atoms with van der Waals surface area (Å²) in [7, 11) is 3.34. The summed E-state index contributed by atoms with van der Waals surface area (Å²) in [6.07, 6.45) is 0. The number of hydrogen-bond donors (Lipinski definition) is 2. The fraction of sp³-hybridized carbons (Fsp3) is 0.200. The quantitative estimate of drug-likeness (QED) is 0.891. The van der Waals surface area contributed by atoms with Gasteiger partial charge in [0.15, 0.2) is 0 Å². The van der Waals surface area contributed by atoms with Crippen molar-refractivity contribution in [2.75, 3.05) is 19.5 Å². The van der Waals surface area contributed by atoms with Gasteiger partial charge in [-0.2, -0.15) is 0 Å². The molecule has 0 atom stereocenters. The number of nitrogens with one attached hydrogen (secondary N) is 2. The van der Waals surface area contributed by atoms with Crippen LogP contribution < -0.4 is 15.4 Å². The van der Waals surface area contributed by atoms with E-state index in [-0.39, 0.29) is 11.6 Å². The smallest absolute Gasteiger partial charge is 0.271 e. The van der Waals surface area contributed by atoms with Crippen molar-refractivity contribution in [2.45, 2.75) is 6.54 Å². The molecule has 0 aliphatic carbocycles. The fourth-order valence-electron chi connectivity index (χ4n) is 1.75. The lowest BCUT2D eigenvalue weighted by atomic mass is 10.2. The first kappa shape index (κ1) is 15.1. The van der Waals surface area contributed by atoms with Gasteiger partial charge in [0.25, 0.3) is 5.91 Å². The lowest BCUT2D eigenvalue weighted by Crippen LogP contribution is -2.24. The summed E-state index contributed by atoms with van der Waals surface area (Å²) in [6.45, 7) is 0.393. The van der Waals surface area contributed by atoms with Crippen molar-refractivity contribution >= 4 is 23.3 Å². The average Bonchev–Trinajstić information content (AvgIpc) is 2.53. The molecule has 0 saturated heterocycles. The number of hydrogen-bond acceptors (Lipinski definition) is 4. The van der Waals surface area contributed by atoms with Gasteiger partial charge in [0, 0.05) is 13.6 Å². The molecule has 0 bridgehead atoms. The molecule has 0 radical (unpaired) electrons. The van der Waals surface area contributed by atoms with Crippen LogP contribution in [-0.2, 0) is 6.54 Å². The van der Waals surface area contributed by atoms with E-state index in [1.807, 2.05) is 24.3 Å². The lowest BCUT2D eigenvalue weighted by Gasteiger charge is -2.08. The molecule has 0 spiro atoms. The molecule has 2 rings (SSSR count). The van der Waals surface area contributed by atoms with Gasteiger partial charge in [0.2, 0.25) is 0 Å². The summed E-state index contributed by atoms with van der Waals surface area (Å²) in [4.78, 5) is 16.3. The van der Waals surface area contributed by atoms with Gasteiger partial charge < -0.3 is 15.4 Å². The third-order valence-electron chi connectivity index (χ3n) is 2.93. The van der Waals surface area contributed by atoms with Crippen molar-refractivity contribution in [3.8, 4) is 5.75 Å². The van der Waals surface area contributed by atoms with Crippen LogP contribution in [0.5, 0.6) is 5.75 Å². The summed E-state index contributed by atoms with van der Waals surface area (Å²) in [5.74, 6) is 1.05. The second-order valence-electron chi connectivity index (χ2n) is 4.31. The van der Waals surface area contributed by atoms with Crippen LogP contribution >= 0.6 is 11.6 Å². The predicted octanol–water partition coefficient (Wildman–Crippen LogP) is 2.72. The SMILES string of the molecule is CNc1ccc(Cl)c(C(=O)NCc2ccc(OC)cc2)n1. The van der Waals surface area contributed by atoms with Gasteiger partial charge in [-0.05, 0) is 29.8 Å². The highest BCUT2D eigenvalue weighted by Crippen LogP contribution is 2.17. The van der Waals surface area contributed by atoms with Crippen LogP contribution in [0.2, 0.25) is 5.02 Å². The zero-order valence-corrected chi connectivity index (χ0v) is 12.6. The first-order chi connectivity index (χ1) is 10.1. The Morgan fingerprint density at radius 1 is 1.24 bits per heavy atom. The van der Waals surface area contributed by atoms with Crippen molar-refractivity contribution in [2.24, 2.45) is 0 Å². The summed E-state index contributed by atoms with van der Waals surface area (Å²) < 4.78 is 5.08. The number of amides is 1. The monoisotopic (exact) mass is 305 g/mol. The normalized spacial score (nSPS) is 10.0. The first-order valence-corrected chi connectivity index (χ1v) is 6.77. The van der Waals surface area contributed by atoms with E-state index < -0.39 is 0 Å². The van der Waals surface area contributed by atoms with Gasteiger partial charge in [0.1, 0.15) is 17.3 Å². The third-order valence-corrected chi connectivity index (χ3v) is 3.23. The van der Waals surface area contributed by atoms with Crippen molar-refractivity contribution < 1.29 is 9.53 Å². The van der Waals surface area contributed by atoms with Gasteiger partial charge >= 0.3 is 0 Å². The lowest BCUT2D eigenvalue weighted by molar-refractivity contribution is 0.0946. The highest BCUT2D eigenvalue weighted by atomic mass is 35.5. The highest BCUT2D eigenvalue weighted by molar-refractivity contribution is 6.33. The van der Waals surface area contributed by atoms with Crippen molar-refractivity contribution in [3.05, 3.63) is 52.7 Å². The number of ether oxygens (including phenoxy) is 1. The molecule has 0 aliphatic rings. The van der Waals surface area contributed by atoms with E-state index >= 15 is 0 Å².